The van der Waals surface area contributed by atoms with Gasteiger partial charge in [0.2, 0.25) is 5.91 Å². The average molecular weight is 387 g/mol. The number of aryl methyl sites for hydroxylation is 1. The van der Waals surface area contributed by atoms with E-state index >= 15 is 0 Å². The van der Waals surface area contributed by atoms with Crippen molar-refractivity contribution in [3.8, 4) is 5.75 Å². The molecule has 0 saturated carbocycles. The fourth-order valence-corrected chi connectivity index (χ4v) is 3.95. The number of rotatable bonds is 6. The number of ether oxygens (including phenoxy) is 1. The lowest BCUT2D eigenvalue weighted by molar-refractivity contribution is -0.134. The number of carbonyl (C=O) groups is 2. The Hall–Kier alpha value is -2.34. The predicted octanol–water partition coefficient (Wildman–Crippen LogP) is 2.99. The van der Waals surface area contributed by atoms with E-state index in [1.54, 1.807) is 11.3 Å². The highest BCUT2D eigenvalue weighted by molar-refractivity contribution is 7.10. The van der Waals surface area contributed by atoms with E-state index in [0.717, 1.165) is 29.0 Å². The highest BCUT2D eigenvalue weighted by atomic mass is 32.1. The maximum absolute atomic E-state index is 12.6. The molecule has 0 atom stereocenters. The molecule has 1 saturated heterocycles. The van der Waals surface area contributed by atoms with Crippen LogP contribution < -0.4 is 4.74 Å². The molecule has 2 aromatic rings. The first kappa shape index (κ1) is 19.4. The second kappa shape index (κ2) is 9.55. The van der Waals surface area contributed by atoms with Crippen LogP contribution in [0.5, 0.6) is 5.75 Å². The lowest BCUT2D eigenvalue weighted by Crippen LogP contribution is -2.39. The Labute approximate surface area is 164 Å². The van der Waals surface area contributed by atoms with Gasteiger partial charge >= 0.3 is 0 Å². The second-order valence-corrected chi connectivity index (χ2v) is 7.65. The molecule has 1 aromatic heterocycles. The second-order valence-electron chi connectivity index (χ2n) is 6.62. The first-order chi connectivity index (χ1) is 13.2. The van der Waals surface area contributed by atoms with Gasteiger partial charge < -0.3 is 14.5 Å². The molecule has 1 aromatic carbocycles. The third-order valence-corrected chi connectivity index (χ3v) is 5.69. The van der Waals surface area contributed by atoms with Crippen molar-refractivity contribution in [1.29, 1.82) is 0 Å². The number of hydrogen-bond acceptors (Lipinski definition) is 4. The monoisotopic (exact) mass is 386 g/mol. The molecule has 0 bridgehead atoms. The minimum atomic E-state index is -0.0199. The Morgan fingerprint density at radius 2 is 1.74 bits per heavy atom. The Kier molecular flexibility index (Phi) is 6.87. The SMILES string of the molecule is CCc1ccccc1OCC(=O)N1CCCN(C(=O)Cc2cccs2)CC1. The van der Waals surface area contributed by atoms with Gasteiger partial charge in [-0.2, -0.15) is 0 Å². The summed E-state index contributed by atoms with van der Waals surface area (Å²) in [5.74, 6) is 0.893. The molecule has 1 aliphatic rings. The molecule has 0 N–H and O–H groups in total. The lowest BCUT2D eigenvalue weighted by Gasteiger charge is -2.22. The van der Waals surface area contributed by atoms with Crippen LogP contribution in [0.1, 0.15) is 23.8 Å². The quantitative estimate of drug-likeness (QED) is 0.767. The number of nitrogens with zero attached hydrogens (tertiary/aromatic N) is 2. The molecule has 3 rings (SSSR count). The number of amides is 2. The normalized spacial score (nSPS) is 14.7. The van der Waals surface area contributed by atoms with Gasteiger partial charge in [0, 0.05) is 31.1 Å². The van der Waals surface area contributed by atoms with Crippen molar-refractivity contribution in [3.05, 3.63) is 52.2 Å². The minimum absolute atomic E-state index is 0.0199. The molecule has 6 heteroatoms. The van der Waals surface area contributed by atoms with Gasteiger partial charge in [0.25, 0.3) is 5.91 Å². The Morgan fingerprint density at radius 3 is 2.44 bits per heavy atom. The molecule has 0 unspecified atom stereocenters. The first-order valence-corrected chi connectivity index (χ1v) is 10.3. The average Bonchev–Trinajstić information content (AvgIpc) is 3.07. The Bertz CT molecular complexity index is 761. The summed E-state index contributed by atoms with van der Waals surface area (Å²) < 4.78 is 5.76. The summed E-state index contributed by atoms with van der Waals surface area (Å²) in [7, 11) is 0. The fourth-order valence-electron chi connectivity index (χ4n) is 3.26. The molecular weight excluding hydrogens is 360 g/mol. The van der Waals surface area contributed by atoms with Crippen LogP contribution in [0, 0.1) is 0 Å². The summed E-state index contributed by atoms with van der Waals surface area (Å²) in [4.78, 5) is 29.8. The molecule has 2 amide bonds. The van der Waals surface area contributed by atoms with E-state index < -0.39 is 0 Å². The Balaban J connectivity index is 1.49. The van der Waals surface area contributed by atoms with Crippen LogP contribution in [0.15, 0.2) is 41.8 Å². The summed E-state index contributed by atoms with van der Waals surface area (Å²) in [5.41, 5.74) is 1.10. The van der Waals surface area contributed by atoms with Crippen LogP contribution >= 0.6 is 11.3 Å². The van der Waals surface area contributed by atoms with E-state index in [4.69, 9.17) is 4.74 Å². The van der Waals surface area contributed by atoms with Crippen molar-refractivity contribution >= 4 is 23.2 Å². The summed E-state index contributed by atoms with van der Waals surface area (Å²) in [6, 6.07) is 11.8. The Morgan fingerprint density at radius 1 is 1.00 bits per heavy atom. The standard InChI is InChI=1S/C21H26N2O3S/c1-2-17-7-3-4-9-19(17)26-16-21(25)23-11-6-10-22(12-13-23)20(24)15-18-8-5-14-27-18/h3-5,7-9,14H,2,6,10-13,15-16H2,1H3. The van der Waals surface area contributed by atoms with Crippen molar-refractivity contribution in [3.63, 3.8) is 0 Å². The zero-order valence-corrected chi connectivity index (χ0v) is 16.5. The molecule has 0 radical (unpaired) electrons. The van der Waals surface area contributed by atoms with E-state index in [2.05, 4.69) is 6.92 Å². The molecule has 0 aliphatic carbocycles. The summed E-state index contributed by atoms with van der Waals surface area (Å²) in [6.45, 7) is 4.63. The molecule has 0 spiro atoms. The van der Waals surface area contributed by atoms with Gasteiger partial charge in [-0.05, 0) is 35.9 Å². The zero-order valence-electron chi connectivity index (χ0n) is 15.7. The lowest BCUT2D eigenvalue weighted by atomic mass is 10.1. The van der Waals surface area contributed by atoms with Gasteiger partial charge in [-0.15, -0.1) is 11.3 Å². The van der Waals surface area contributed by atoms with E-state index in [1.165, 1.54) is 0 Å². The van der Waals surface area contributed by atoms with E-state index in [9.17, 15) is 9.59 Å². The van der Waals surface area contributed by atoms with Crippen molar-refractivity contribution in [2.45, 2.75) is 26.2 Å². The van der Waals surface area contributed by atoms with Gasteiger partial charge in [0.15, 0.2) is 6.61 Å². The number of hydrogen-bond donors (Lipinski definition) is 0. The van der Waals surface area contributed by atoms with Crippen molar-refractivity contribution < 1.29 is 14.3 Å². The number of carbonyl (C=O) groups excluding carboxylic acids is 2. The van der Waals surface area contributed by atoms with Crippen molar-refractivity contribution in [1.82, 2.24) is 9.80 Å². The third-order valence-electron chi connectivity index (χ3n) is 4.81. The maximum Gasteiger partial charge on any atom is 0.260 e. The van der Waals surface area contributed by atoms with Crippen LogP contribution in [0.4, 0.5) is 0 Å². The van der Waals surface area contributed by atoms with Gasteiger partial charge in [-0.3, -0.25) is 9.59 Å². The molecular formula is C21H26N2O3S. The smallest absolute Gasteiger partial charge is 0.260 e. The van der Waals surface area contributed by atoms with E-state index in [-0.39, 0.29) is 18.4 Å². The van der Waals surface area contributed by atoms with Crippen molar-refractivity contribution in [2.75, 3.05) is 32.8 Å². The van der Waals surface area contributed by atoms with E-state index in [0.29, 0.717) is 32.6 Å². The molecule has 27 heavy (non-hydrogen) atoms. The highest BCUT2D eigenvalue weighted by Crippen LogP contribution is 2.18. The maximum atomic E-state index is 12.6. The molecule has 1 fully saturated rings. The van der Waals surface area contributed by atoms with Gasteiger partial charge in [-0.25, -0.2) is 0 Å². The van der Waals surface area contributed by atoms with Crippen LogP contribution in [-0.4, -0.2) is 54.4 Å². The molecule has 1 aliphatic heterocycles. The van der Waals surface area contributed by atoms with Crippen LogP contribution in [0.2, 0.25) is 0 Å². The largest absolute Gasteiger partial charge is 0.483 e. The van der Waals surface area contributed by atoms with Crippen LogP contribution in [0.3, 0.4) is 0 Å². The summed E-state index contributed by atoms with van der Waals surface area (Å²) >= 11 is 1.60. The number of benzene rings is 1. The van der Waals surface area contributed by atoms with Crippen LogP contribution in [0.25, 0.3) is 0 Å². The van der Waals surface area contributed by atoms with Gasteiger partial charge in [0.1, 0.15) is 5.75 Å². The minimum Gasteiger partial charge on any atom is -0.483 e. The molecule has 144 valence electrons. The zero-order chi connectivity index (χ0) is 19.1. The van der Waals surface area contributed by atoms with Gasteiger partial charge in [0.05, 0.1) is 6.42 Å². The number of para-hydroxylation sites is 1. The van der Waals surface area contributed by atoms with Crippen molar-refractivity contribution in [2.24, 2.45) is 0 Å². The highest BCUT2D eigenvalue weighted by Gasteiger charge is 2.22. The predicted molar refractivity (Wildman–Crippen MR) is 107 cm³/mol. The first-order valence-electron chi connectivity index (χ1n) is 9.46. The van der Waals surface area contributed by atoms with Gasteiger partial charge in [-0.1, -0.05) is 31.2 Å². The molecule has 2 heterocycles. The summed E-state index contributed by atoms with van der Waals surface area (Å²) in [6.07, 6.45) is 2.12. The molecule has 5 nitrogen and oxygen atoms in total. The van der Waals surface area contributed by atoms with Crippen LogP contribution in [-0.2, 0) is 22.4 Å². The third kappa shape index (κ3) is 5.32. The fraction of sp³-hybridized carbons (Fsp3) is 0.429. The topological polar surface area (TPSA) is 49.9 Å². The summed E-state index contributed by atoms with van der Waals surface area (Å²) in [5, 5.41) is 1.99. The number of thiophene rings is 1. The van der Waals surface area contributed by atoms with E-state index in [1.807, 2.05) is 51.6 Å².